The van der Waals surface area contributed by atoms with Crippen LogP contribution < -0.4 is 16.4 Å². The molecule has 6 N–H and O–H groups in total. The zero-order valence-corrected chi connectivity index (χ0v) is 16.8. The molecule has 2 amide bonds. The Balaban J connectivity index is 2.82. The van der Waals surface area contributed by atoms with E-state index in [0.29, 0.717) is 12.0 Å². The van der Waals surface area contributed by atoms with Crippen LogP contribution in [0.25, 0.3) is 0 Å². The fraction of sp³-hybridized carbons (Fsp3) is 0.550. The number of phenols is 1. The van der Waals surface area contributed by atoms with Gasteiger partial charge in [-0.05, 0) is 36.0 Å². The van der Waals surface area contributed by atoms with E-state index in [1.807, 2.05) is 13.8 Å². The Morgan fingerprint density at radius 2 is 1.57 bits per heavy atom. The minimum Gasteiger partial charge on any atom is -0.508 e. The first-order valence-corrected chi connectivity index (χ1v) is 9.38. The monoisotopic (exact) mass is 393 g/mol. The van der Waals surface area contributed by atoms with Crippen LogP contribution in [0, 0.1) is 11.8 Å². The number of phenolic OH excluding ortho intramolecular Hbond substituents is 1. The van der Waals surface area contributed by atoms with Gasteiger partial charge >= 0.3 is 5.97 Å². The lowest BCUT2D eigenvalue weighted by molar-refractivity contribution is -0.142. The predicted octanol–water partition coefficient (Wildman–Crippen LogP) is 1.02. The number of nitrogens with two attached hydrogens (primary N) is 1. The Morgan fingerprint density at radius 1 is 1.00 bits per heavy atom. The van der Waals surface area contributed by atoms with E-state index in [-0.39, 0.29) is 24.0 Å². The molecule has 0 bridgehead atoms. The molecule has 0 saturated heterocycles. The highest BCUT2D eigenvalue weighted by molar-refractivity contribution is 5.92. The first-order chi connectivity index (χ1) is 13.0. The highest BCUT2D eigenvalue weighted by Crippen LogP contribution is 2.12. The lowest BCUT2D eigenvalue weighted by Gasteiger charge is -2.25. The molecule has 1 aromatic carbocycles. The van der Waals surface area contributed by atoms with Crippen molar-refractivity contribution < 1.29 is 24.6 Å². The number of rotatable bonds is 10. The smallest absolute Gasteiger partial charge is 0.326 e. The minimum absolute atomic E-state index is 0.0486. The molecule has 3 atom stereocenters. The molecule has 0 unspecified atom stereocenters. The van der Waals surface area contributed by atoms with Crippen LogP contribution in [0.1, 0.15) is 39.7 Å². The first-order valence-electron chi connectivity index (χ1n) is 9.38. The average Bonchev–Trinajstić information content (AvgIpc) is 2.59. The van der Waals surface area contributed by atoms with Crippen molar-refractivity contribution in [1.29, 1.82) is 0 Å². The van der Waals surface area contributed by atoms with E-state index in [9.17, 15) is 24.6 Å². The highest BCUT2D eigenvalue weighted by Gasteiger charge is 2.30. The lowest BCUT2D eigenvalue weighted by atomic mass is 9.99. The Hall–Kier alpha value is -2.61. The third-order valence-electron chi connectivity index (χ3n) is 4.30. The number of amides is 2. The minimum atomic E-state index is -1.19. The van der Waals surface area contributed by atoms with E-state index in [0.717, 1.165) is 0 Å². The summed E-state index contributed by atoms with van der Waals surface area (Å²) in [5, 5.41) is 23.9. The van der Waals surface area contributed by atoms with Crippen molar-refractivity contribution in [3.63, 3.8) is 0 Å². The SMILES string of the molecule is CC(C)C[C@H](N)C(=O)N[C@H](C(=O)N[C@@H](Cc1ccc(O)cc1)C(=O)O)C(C)C. The number of hydrogen-bond donors (Lipinski definition) is 5. The third kappa shape index (κ3) is 7.56. The second kappa shape index (κ2) is 10.7. The van der Waals surface area contributed by atoms with Gasteiger partial charge in [0.15, 0.2) is 0 Å². The molecule has 0 aliphatic rings. The van der Waals surface area contributed by atoms with Crippen molar-refractivity contribution in [2.75, 3.05) is 0 Å². The van der Waals surface area contributed by atoms with E-state index in [1.165, 1.54) is 12.1 Å². The van der Waals surface area contributed by atoms with Gasteiger partial charge in [-0.2, -0.15) is 0 Å². The van der Waals surface area contributed by atoms with Crippen LogP contribution in [0.4, 0.5) is 0 Å². The molecule has 1 aromatic rings. The van der Waals surface area contributed by atoms with Gasteiger partial charge in [0, 0.05) is 6.42 Å². The van der Waals surface area contributed by atoms with Crippen LogP contribution in [0.15, 0.2) is 24.3 Å². The molecule has 8 nitrogen and oxygen atoms in total. The number of aromatic hydroxyl groups is 1. The van der Waals surface area contributed by atoms with Gasteiger partial charge in [-0.15, -0.1) is 0 Å². The summed E-state index contributed by atoms with van der Waals surface area (Å²) < 4.78 is 0. The molecule has 0 radical (unpaired) electrons. The molecule has 0 saturated carbocycles. The molecule has 0 spiro atoms. The van der Waals surface area contributed by atoms with E-state index >= 15 is 0 Å². The summed E-state index contributed by atoms with van der Waals surface area (Å²) in [5.74, 6) is -2.15. The molecule has 0 aromatic heterocycles. The second-order valence-corrected chi connectivity index (χ2v) is 7.74. The van der Waals surface area contributed by atoms with Crippen molar-refractivity contribution >= 4 is 17.8 Å². The van der Waals surface area contributed by atoms with Crippen molar-refractivity contribution in [2.45, 2.75) is 58.7 Å². The van der Waals surface area contributed by atoms with Gasteiger partial charge < -0.3 is 26.6 Å². The lowest BCUT2D eigenvalue weighted by Crippen LogP contribution is -2.56. The van der Waals surface area contributed by atoms with Gasteiger partial charge in [0.1, 0.15) is 17.8 Å². The number of carbonyl (C=O) groups excluding carboxylic acids is 2. The fourth-order valence-electron chi connectivity index (χ4n) is 2.74. The van der Waals surface area contributed by atoms with Gasteiger partial charge in [-0.1, -0.05) is 39.8 Å². The second-order valence-electron chi connectivity index (χ2n) is 7.74. The zero-order valence-electron chi connectivity index (χ0n) is 16.8. The molecule has 0 aliphatic carbocycles. The molecule has 8 heteroatoms. The summed E-state index contributed by atoms with van der Waals surface area (Å²) >= 11 is 0. The number of aliphatic carboxylic acids is 1. The van der Waals surface area contributed by atoms with Crippen LogP contribution in [0.5, 0.6) is 5.75 Å². The summed E-state index contributed by atoms with van der Waals surface area (Å²) in [6, 6.07) is 3.27. The quantitative estimate of drug-likeness (QED) is 0.402. The van der Waals surface area contributed by atoms with Crippen LogP contribution in [0.3, 0.4) is 0 Å². The van der Waals surface area contributed by atoms with E-state index in [4.69, 9.17) is 5.73 Å². The van der Waals surface area contributed by atoms with Crippen LogP contribution in [-0.4, -0.2) is 46.1 Å². The number of carboxylic acids is 1. The average molecular weight is 393 g/mol. The maximum Gasteiger partial charge on any atom is 0.326 e. The van der Waals surface area contributed by atoms with Gasteiger partial charge in [0.2, 0.25) is 11.8 Å². The molecule has 0 fully saturated rings. The molecule has 0 aliphatic heterocycles. The predicted molar refractivity (Wildman–Crippen MR) is 106 cm³/mol. The zero-order chi connectivity index (χ0) is 21.4. The maximum absolute atomic E-state index is 12.7. The van der Waals surface area contributed by atoms with Crippen molar-refractivity contribution in [2.24, 2.45) is 17.6 Å². The standard InChI is InChI=1S/C20H31N3O5/c1-11(2)9-15(21)18(25)23-17(12(3)4)19(26)22-16(20(27)28)10-13-5-7-14(24)8-6-13/h5-8,11-12,15-17,24H,9-10,21H2,1-4H3,(H,22,26)(H,23,25)(H,27,28)/t15-,16-,17-/m0/s1. The van der Waals surface area contributed by atoms with Gasteiger partial charge in [-0.25, -0.2) is 4.79 Å². The summed E-state index contributed by atoms with van der Waals surface area (Å²) in [6.45, 7) is 7.41. The fourth-order valence-corrected chi connectivity index (χ4v) is 2.74. The molecule has 1 rings (SSSR count). The third-order valence-corrected chi connectivity index (χ3v) is 4.30. The Kier molecular flexibility index (Phi) is 8.91. The summed E-state index contributed by atoms with van der Waals surface area (Å²) in [4.78, 5) is 36.5. The molecule has 156 valence electrons. The van der Waals surface area contributed by atoms with Crippen LogP contribution in [0.2, 0.25) is 0 Å². The van der Waals surface area contributed by atoms with Gasteiger partial charge in [0.25, 0.3) is 0 Å². The van der Waals surface area contributed by atoms with Gasteiger partial charge in [0.05, 0.1) is 6.04 Å². The largest absolute Gasteiger partial charge is 0.508 e. The summed E-state index contributed by atoms with van der Waals surface area (Å²) in [7, 11) is 0. The van der Waals surface area contributed by atoms with Crippen molar-refractivity contribution in [3.8, 4) is 5.75 Å². The Labute approximate surface area is 165 Å². The number of benzene rings is 1. The Morgan fingerprint density at radius 3 is 2.04 bits per heavy atom. The molecule has 28 heavy (non-hydrogen) atoms. The van der Waals surface area contributed by atoms with Gasteiger partial charge in [-0.3, -0.25) is 9.59 Å². The molecule has 0 heterocycles. The van der Waals surface area contributed by atoms with Crippen LogP contribution >= 0.6 is 0 Å². The van der Waals surface area contributed by atoms with Crippen molar-refractivity contribution in [1.82, 2.24) is 10.6 Å². The summed E-state index contributed by atoms with van der Waals surface area (Å²) in [5.41, 5.74) is 6.52. The highest BCUT2D eigenvalue weighted by atomic mass is 16.4. The normalized spacial score (nSPS) is 14.4. The van der Waals surface area contributed by atoms with Crippen LogP contribution in [-0.2, 0) is 20.8 Å². The maximum atomic E-state index is 12.7. The topological polar surface area (TPSA) is 142 Å². The molecular weight excluding hydrogens is 362 g/mol. The van der Waals surface area contributed by atoms with E-state index in [1.54, 1.807) is 26.0 Å². The number of hydrogen-bond acceptors (Lipinski definition) is 5. The number of nitrogens with one attached hydrogen (secondary N) is 2. The number of carbonyl (C=O) groups is 3. The van der Waals surface area contributed by atoms with E-state index < -0.39 is 35.9 Å². The first kappa shape index (κ1) is 23.4. The Bertz CT molecular complexity index is 673. The molecular formula is C20H31N3O5. The summed E-state index contributed by atoms with van der Waals surface area (Å²) in [6.07, 6.45) is 0.532. The van der Waals surface area contributed by atoms with Crippen molar-refractivity contribution in [3.05, 3.63) is 29.8 Å². The number of carboxylic acid groups (broad SMARTS) is 1. The van der Waals surface area contributed by atoms with E-state index in [2.05, 4.69) is 10.6 Å².